The van der Waals surface area contributed by atoms with Crippen molar-refractivity contribution < 1.29 is 4.74 Å². The molecule has 0 heterocycles. The number of hydrazine groups is 1. The minimum absolute atomic E-state index is 0.0517. The van der Waals surface area contributed by atoms with Gasteiger partial charge in [0.25, 0.3) is 0 Å². The van der Waals surface area contributed by atoms with Crippen molar-refractivity contribution in [1.29, 1.82) is 0 Å². The topological polar surface area (TPSA) is 47.3 Å². The van der Waals surface area contributed by atoms with Crippen molar-refractivity contribution in [3.05, 3.63) is 48.0 Å². The molecule has 3 N–H and O–H groups in total. The molecule has 0 saturated heterocycles. The fraction of sp³-hybridized carbons (Fsp3) is 0.375. The third kappa shape index (κ3) is 2.04. The molecule has 3 heteroatoms. The molecule has 0 bridgehead atoms. The summed E-state index contributed by atoms with van der Waals surface area (Å²) in [6.45, 7) is 0. The Morgan fingerprint density at radius 3 is 2.47 bits per heavy atom. The van der Waals surface area contributed by atoms with E-state index >= 15 is 0 Å². The van der Waals surface area contributed by atoms with E-state index in [4.69, 9.17) is 10.6 Å². The van der Waals surface area contributed by atoms with E-state index in [0.717, 1.165) is 12.8 Å². The van der Waals surface area contributed by atoms with E-state index in [1.165, 1.54) is 22.8 Å². The maximum atomic E-state index is 5.79. The lowest BCUT2D eigenvalue weighted by Crippen LogP contribution is -2.52. The van der Waals surface area contributed by atoms with E-state index in [1.54, 1.807) is 7.11 Å². The van der Waals surface area contributed by atoms with Crippen molar-refractivity contribution in [3.63, 3.8) is 0 Å². The van der Waals surface area contributed by atoms with Gasteiger partial charge in [-0.1, -0.05) is 36.4 Å². The van der Waals surface area contributed by atoms with Gasteiger partial charge in [0, 0.05) is 7.11 Å². The van der Waals surface area contributed by atoms with Gasteiger partial charge in [-0.05, 0) is 41.7 Å². The molecule has 1 atom stereocenters. The van der Waals surface area contributed by atoms with Crippen LogP contribution < -0.4 is 11.3 Å². The molecule has 1 saturated carbocycles. The first kappa shape index (κ1) is 12.6. The van der Waals surface area contributed by atoms with Crippen molar-refractivity contribution in [1.82, 2.24) is 5.43 Å². The Labute approximate surface area is 113 Å². The van der Waals surface area contributed by atoms with Crippen LogP contribution in [0.1, 0.15) is 30.9 Å². The Morgan fingerprint density at radius 1 is 1.16 bits per heavy atom. The highest BCUT2D eigenvalue weighted by atomic mass is 16.5. The third-order valence-electron chi connectivity index (χ3n) is 4.41. The highest BCUT2D eigenvalue weighted by molar-refractivity contribution is 5.83. The minimum Gasteiger partial charge on any atom is -0.376 e. The fourth-order valence-corrected chi connectivity index (χ4v) is 3.08. The second kappa shape index (κ2) is 4.93. The van der Waals surface area contributed by atoms with Gasteiger partial charge in [0.1, 0.15) is 0 Å². The molecule has 0 amide bonds. The summed E-state index contributed by atoms with van der Waals surface area (Å²) in [4.78, 5) is 0. The summed E-state index contributed by atoms with van der Waals surface area (Å²) in [5.74, 6) is 5.79. The molecule has 0 radical (unpaired) electrons. The summed E-state index contributed by atoms with van der Waals surface area (Å²) in [5, 5.41) is 2.49. The number of hydrogen-bond acceptors (Lipinski definition) is 3. The molecule has 19 heavy (non-hydrogen) atoms. The van der Waals surface area contributed by atoms with Crippen LogP contribution in [0.5, 0.6) is 0 Å². The van der Waals surface area contributed by atoms with Crippen molar-refractivity contribution in [2.45, 2.75) is 30.9 Å². The summed E-state index contributed by atoms with van der Waals surface area (Å²) in [6, 6.07) is 14.9. The van der Waals surface area contributed by atoms with Crippen LogP contribution in [-0.4, -0.2) is 12.7 Å². The number of methoxy groups -OCH3 is 1. The van der Waals surface area contributed by atoms with Crippen LogP contribution in [0.4, 0.5) is 0 Å². The molecule has 1 unspecified atom stereocenters. The summed E-state index contributed by atoms with van der Waals surface area (Å²) in [6.07, 6.45) is 3.33. The fourth-order valence-electron chi connectivity index (χ4n) is 3.08. The smallest absolute Gasteiger partial charge is 0.0885 e. The number of rotatable bonds is 4. The van der Waals surface area contributed by atoms with Crippen molar-refractivity contribution in [3.8, 4) is 0 Å². The van der Waals surface area contributed by atoms with E-state index < -0.39 is 0 Å². The van der Waals surface area contributed by atoms with E-state index in [0.29, 0.717) is 0 Å². The van der Waals surface area contributed by atoms with Gasteiger partial charge in [0.2, 0.25) is 0 Å². The van der Waals surface area contributed by atoms with E-state index in [-0.39, 0.29) is 11.6 Å². The average molecular weight is 256 g/mol. The van der Waals surface area contributed by atoms with Crippen LogP contribution in [-0.2, 0) is 4.74 Å². The molecular formula is C16H20N2O. The van der Waals surface area contributed by atoms with Gasteiger partial charge < -0.3 is 4.74 Å². The second-order valence-corrected chi connectivity index (χ2v) is 5.33. The Kier molecular flexibility index (Phi) is 3.27. The zero-order valence-corrected chi connectivity index (χ0v) is 11.2. The molecule has 2 aromatic rings. The first-order valence-corrected chi connectivity index (χ1v) is 6.79. The lowest BCUT2D eigenvalue weighted by Gasteiger charge is -2.46. The van der Waals surface area contributed by atoms with E-state index in [9.17, 15) is 0 Å². The van der Waals surface area contributed by atoms with Gasteiger partial charge in [-0.3, -0.25) is 11.3 Å². The first-order valence-electron chi connectivity index (χ1n) is 6.79. The Balaban J connectivity index is 2.01. The summed E-state index contributed by atoms with van der Waals surface area (Å²) in [7, 11) is 1.78. The van der Waals surface area contributed by atoms with Crippen LogP contribution in [0.25, 0.3) is 10.8 Å². The van der Waals surface area contributed by atoms with Gasteiger partial charge in [-0.2, -0.15) is 0 Å². The first-order chi connectivity index (χ1) is 9.29. The zero-order valence-electron chi connectivity index (χ0n) is 11.2. The predicted octanol–water partition coefficient (Wildman–Crippen LogP) is 2.91. The number of nitrogens with two attached hydrogens (primary N) is 1. The highest BCUT2D eigenvalue weighted by Crippen LogP contribution is 2.44. The number of ether oxygens (including phenoxy) is 1. The Morgan fingerprint density at radius 2 is 1.89 bits per heavy atom. The number of fused-ring (bicyclic) bond motifs is 1. The molecule has 1 fully saturated rings. The van der Waals surface area contributed by atoms with Gasteiger partial charge >= 0.3 is 0 Å². The maximum Gasteiger partial charge on any atom is 0.0885 e. The number of nitrogens with one attached hydrogen (secondary N) is 1. The zero-order chi connectivity index (χ0) is 13.3. The lowest BCUT2D eigenvalue weighted by molar-refractivity contribution is -0.0998. The van der Waals surface area contributed by atoms with Crippen molar-refractivity contribution >= 4 is 10.8 Å². The molecule has 3 rings (SSSR count). The maximum absolute atomic E-state index is 5.79. The van der Waals surface area contributed by atoms with Gasteiger partial charge in [-0.15, -0.1) is 0 Å². The second-order valence-electron chi connectivity index (χ2n) is 5.33. The standard InChI is InChI=1S/C16H20N2O/c1-19-16(9-4-10-16)15(18-17)14-8-7-12-5-2-3-6-13(12)11-14/h2-3,5-8,11,15,18H,4,9-10,17H2,1H3. The Bertz CT molecular complexity index is 572. The van der Waals surface area contributed by atoms with Crippen LogP contribution in [0.15, 0.2) is 42.5 Å². The predicted molar refractivity (Wildman–Crippen MR) is 77.6 cm³/mol. The number of benzene rings is 2. The molecule has 0 aliphatic heterocycles. The molecule has 100 valence electrons. The van der Waals surface area contributed by atoms with Crippen LogP contribution in [0, 0.1) is 0 Å². The lowest BCUT2D eigenvalue weighted by atomic mass is 9.72. The van der Waals surface area contributed by atoms with Crippen LogP contribution >= 0.6 is 0 Å². The SMILES string of the molecule is COC1(C(NN)c2ccc3ccccc3c2)CCC1. The molecule has 1 aliphatic carbocycles. The van der Waals surface area contributed by atoms with Gasteiger partial charge in [0.15, 0.2) is 0 Å². The molecule has 2 aromatic carbocycles. The summed E-state index contributed by atoms with van der Waals surface area (Å²) >= 11 is 0. The number of hydrogen-bond donors (Lipinski definition) is 2. The quantitative estimate of drug-likeness (QED) is 0.653. The monoisotopic (exact) mass is 256 g/mol. The normalized spacial score (nSPS) is 19.1. The molecule has 1 aliphatic rings. The molecule has 3 nitrogen and oxygen atoms in total. The molecule has 0 aromatic heterocycles. The minimum atomic E-state index is -0.142. The van der Waals surface area contributed by atoms with Crippen LogP contribution in [0.2, 0.25) is 0 Å². The van der Waals surface area contributed by atoms with Gasteiger partial charge in [0.05, 0.1) is 11.6 Å². The summed E-state index contributed by atoms with van der Waals surface area (Å²) < 4.78 is 5.75. The molecular weight excluding hydrogens is 236 g/mol. The van der Waals surface area contributed by atoms with E-state index in [1.807, 2.05) is 0 Å². The van der Waals surface area contributed by atoms with Crippen molar-refractivity contribution in [2.75, 3.05) is 7.11 Å². The average Bonchev–Trinajstić information content (AvgIpc) is 2.42. The summed E-state index contributed by atoms with van der Waals surface area (Å²) in [5.41, 5.74) is 4.01. The molecule has 0 spiro atoms. The largest absolute Gasteiger partial charge is 0.376 e. The van der Waals surface area contributed by atoms with Gasteiger partial charge in [-0.25, -0.2) is 0 Å². The highest BCUT2D eigenvalue weighted by Gasteiger charge is 2.44. The Hall–Kier alpha value is -1.42. The van der Waals surface area contributed by atoms with Crippen molar-refractivity contribution in [2.24, 2.45) is 5.84 Å². The van der Waals surface area contributed by atoms with E-state index in [2.05, 4.69) is 47.9 Å². The van der Waals surface area contributed by atoms with Crippen LogP contribution in [0.3, 0.4) is 0 Å². The third-order valence-corrected chi connectivity index (χ3v) is 4.41.